The lowest BCUT2D eigenvalue weighted by molar-refractivity contribution is 0.886. The normalized spacial score (nSPS) is 11.7. The predicted octanol–water partition coefficient (Wildman–Crippen LogP) is 14.9. The van der Waals surface area contributed by atoms with Crippen molar-refractivity contribution < 1.29 is 0 Å². The first-order valence-corrected chi connectivity index (χ1v) is 21.4. The summed E-state index contributed by atoms with van der Waals surface area (Å²) in [7, 11) is 0. The van der Waals surface area contributed by atoms with Gasteiger partial charge in [-0.2, -0.15) is 0 Å². The van der Waals surface area contributed by atoms with Gasteiger partial charge >= 0.3 is 0 Å². The van der Waals surface area contributed by atoms with E-state index in [1.165, 1.54) is 12.8 Å². The smallest absolute Gasteiger partial charge is 0.168 e. The minimum absolute atomic E-state index is 0.732. The topological polar surface area (TPSA) is 68.8 Å². The van der Waals surface area contributed by atoms with Crippen molar-refractivity contribution in [3.05, 3.63) is 218 Å². The van der Waals surface area contributed by atoms with Gasteiger partial charge in [-0.1, -0.05) is 149 Å². The standard InChI is InChI=1S/C53H42N6.C4H10/c1-5-38(49-23-12-26-55-35-49)28-37(3)40-14-7-21-47(29-40)52-57-58-53(48-22-10-18-44(32-48)42-16-9-19-45(31-42)50-24-13-27-56-36-50)59(52)51-25-11-20-46(33-51)43-17-8-15-41(30-43)39(6-2)34-54-4;1-3-4-2/h5-36H,2,4H2,1,3H3;3-4H2,1-2H3/b37-28+,38-5+,39-34+;. The van der Waals surface area contributed by atoms with Crippen LogP contribution < -0.4 is 0 Å². The van der Waals surface area contributed by atoms with Gasteiger partial charge in [0.25, 0.3) is 0 Å². The summed E-state index contributed by atoms with van der Waals surface area (Å²) in [4.78, 5) is 12.7. The number of aromatic nitrogens is 5. The molecule has 6 nitrogen and oxygen atoms in total. The lowest BCUT2D eigenvalue weighted by Crippen LogP contribution is -2.01. The second-order valence-electron chi connectivity index (χ2n) is 15.1. The summed E-state index contributed by atoms with van der Waals surface area (Å²) in [6, 6.07) is 50.6. The van der Waals surface area contributed by atoms with Crippen molar-refractivity contribution in [2.24, 2.45) is 4.99 Å². The summed E-state index contributed by atoms with van der Waals surface area (Å²) < 4.78 is 2.17. The molecular weight excluding hydrogens is 769 g/mol. The van der Waals surface area contributed by atoms with Crippen LogP contribution in [0, 0.1) is 0 Å². The molecule has 8 rings (SSSR count). The molecule has 3 heterocycles. The van der Waals surface area contributed by atoms with Crippen molar-refractivity contribution in [2.75, 3.05) is 0 Å². The average Bonchev–Trinajstić information content (AvgIpc) is 3.81. The van der Waals surface area contributed by atoms with Crippen LogP contribution in [0.3, 0.4) is 0 Å². The molecule has 0 saturated carbocycles. The van der Waals surface area contributed by atoms with E-state index >= 15 is 0 Å². The molecule has 5 aromatic carbocycles. The predicted molar refractivity (Wildman–Crippen MR) is 266 cm³/mol. The van der Waals surface area contributed by atoms with E-state index in [4.69, 9.17) is 10.2 Å². The van der Waals surface area contributed by atoms with Gasteiger partial charge < -0.3 is 0 Å². The first kappa shape index (κ1) is 43.3. The fourth-order valence-corrected chi connectivity index (χ4v) is 7.29. The Morgan fingerprint density at radius 3 is 1.63 bits per heavy atom. The SMILES string of the molecule is C=C/C(=C\N=C)c1cccc(-c2cccc(-n3c(-c4cccc(/C(C)=C/C(=C\C)c5cccnc5)c4)nnc3-c3cccc(-c4cccc(-c5cccnc5)c4)c3)c2)c1.CCCC. The Bertz CT molecular complexity index is 2920. The van der Waals surface area contributed by atoms with E-state index < -0.39 is 0 Å². The molecular formula is C57H52N6. The van der Waals surface area contributed by atoms with Crippen molar-refractivity contribution in [1.29, 1.82) is 0 Å². The summed E-state index contributed by atoms with van der Waals surface area (Å²) in [5, 5.41) is 9.85. The van der Waals surface area contributed by atoms with Crippen molar-refractivity contribution in [3.63, 3.8) is 0 Å². The maximum absolute atomic E-state index is 4.93. The highest BCUT2D eigenvalue weighted by Gasteiger charge is 2.19. The van der Waals surface area contributed by atoms with Gasteiger partial charge in [0.2, 0.25) is 0 Å². The van der Waals surface area contributed by atoms with Crippen LogP contribution in [-0.4, -0.2) is 31.4 Å². The molecule has 0 atom stereocenters. The average molecular weight is 821 g/mol. The Balaban J connectivity index is 0.00000143. The maximum Gasteiger partial charge on any atom is 0.168 e. The molecule has 0 aliphatic rings. The first-order chi connectivity index (χ1) is 30.9. The molecule has 0 spiro atoms. The third-order valence-corrected chi connectivity index (χ3v) is 10.8. The van der Waals surface area contributed by atoms with Gasteiger partial charge in [-0.25, -0.2) is 0 Å². The Labute approximate surface area is 372 Å². The molecule has 8 aromatic rings. The Morgan fingerprint density at radius 1 is 0.556 bits per heavy atom. The number of aliphatic imine (C=N–C) groups is 1. The highest BCUT2D eigenvalue weighted by atomic mass is 15.3. The fourth-order valence-electron chi connectivity index (χ4n) is 7.29. The van der Waals surface area contributed by atoms with Crippen molar-refractivity contribution in [2.45, 2.75) is 40.5 Å². The minimum Gasteiger partial charge on any atom is -0.275 e. The molecule has 0 fully saturated rings. The van der Waals surface area contributed by atoms with E-state index in [-0.39, 0.29) is 0 Å². The molecule has 63 heavy (non-hydrogen) atoms. The highest BCUT2D eigenvalue weighted by Crippen LogP contribution is 2.35. The summed E-state index contributed by atoms with van der Waals surface area (Å²) >= 11 is 0. The number of hydrogen-bond acceptors (Lipinski definition) is 5. The number of rotatable bonds is 13. The van der Waals surface area contributed by atoms with Crippen LogP contribution in [0.25, 0.3) is 78.6 Å². The molecule has 0 bridgehead atoms. The molecule has 0 aliphatic heterocycles. The third-order valence-electron chi connectivity index (χ3n) is 10.8. The minimum atomic E-state index is 0.732. The Morgan fingerprint density at radius 2 is 1.05 bits per heavy atom. The highest BCUT2D eigenvalue weighted by molar-refractivity contribution is 5.84. The number of pyridine rings is 2. The van der Waals surface area contributed by atoms with Crippen LogP contribution in [0.15, 0.2) is 206 Å². The molecule has 3 aromatic heterocycles. The van der Waals surface area contributed by atoms with Crippen LogP contribution in [0.4, 0.5) is 0 Å². The van der Waals surface area contributed by atoms with Crippen LogP contribution in [0.2, 0.25) is 0 Å². The van der Waals surface area contributed by atoms with Gasteiger partial charge in [-0.3, -0.25) is 19.5 Å². The molecule has 0 N–H and O–H groups in total. The monoisotopic (exact) mass is 820 g/mol. The van der Waals surface area contributed by atoms with Crippen molar-refractivity contribution in [1.82, 2.24) is 24.7 Å². The molecule has 0 radical (unpaired) electrons. The summed E-state index contributed by atoms with van der Waals surface area (Å²) in [5.41, 5.74) is 15.6. The Kier molecular flexibility index (Phi) is 14.5. The molecule has 310 valence electrons. The zero-order valence-electron chi connectivity index (χ0n) is 36.5. The number of hydrogen-bond donors (Lipinski definition) is 0. The zero-order valence-corrected chi connectivity index (χ0v) is 36.5. The van der Waals surface area contributed by atoms with Gasteiger partial charge in [-0.05, 0) is 130 Å². The van der Waals surface area contributed by atoms with Crippen LogP contribution in [0.1, 0.15) is 57.2 Å². The van der Waals surface area contributed by atoms with E-state index in [2.05, 4.69) is 206 Å². The second kappa shape index (κ2) is 21.1. The molecule has 0 aliphatic carbocycles. The molecule has 0 saturated heterocycles. The summed E-state index contributed by atoms with van der Waals surface area (Å²) in [5.74, 6) is 1.47. The van der Waals surface area contributed by atoms with E-state index in [0.29, 0.717) is 0 Å². The lowest BCUT2D eigenvalue weighted by atomic mass is 9.98. The number of unbranched alkanes of at least 4 members (excludes halogenated alkanes) is 1. The number of allylic oxidation sites excluding steroid dienone is 6. The lowest BCUT2D eigenvalue weighted by Gasteiger charge is -2.14. The zero-order chi connectivity index (χ0) is 44.0. The van der Waals surface area contributed by atoms with Crippen molar-refractivity contribution in [3.8, 4) is 61.8 Å². The van der Waals surface area contributed by atoms with Gasteiger partial charge in [0.1, 0.15) is 0 Å². The van der Waals surface area contributed by atoms with Gasteiger partial charge in [0.05, 0.1) is 0 Å². The summed E-state index contributed by atoms with van der Waals surface area (Å²) in [6.45, 7) is 16.2. The third kappa shape index (κ3) is 10.4. The molecule has 6 heteroatoms. The van der Waals surface area contributed by atoms with Crippen LogP contribution in [-0.2, 0) is 0 Å². The first-order valence-electron chi connectivity index (χ1n) is 21.4. The Hall–Kier alpha value is -7.83. The van der Waals surface area contributed by atoms with E-state index in [1.54, 1.807) is 24.7 Å². The van der Waals surface area contributed by atoms with Crippen molar-refractivity contribution >= 4 is 23.4 Å². The fraction of sp³-hybridized carbons (Fsp3) is 0.105. The van der Waals surface area contributed by atoms with E-state index in [9.17, 15) is 0 Å². The van der Waals surface area contributed by atoms with Gasteiger partial charge in [0.15, 0.2) is 11.6 Å². The quantitative estimate of drug-likeness (QED) is 0.0858. The van der Waals surface area contributed by atoms with Crippen LogP contribution >= 0.6 is 0 Å². The largest absolute Gasteiger partial charge is 0.275 e. The molecule has 0 amide bonds. The molecule has 0 unspecified atom stereocenters. The second-order valence-corrected chi connectivity index (χ2v) is 15.1. The van der Waals surface area contributed by atoms with Gasteiger partial charge in [0, 0.05) is 53.4 Å². The van der Waals surface area contributed by atoms with Crippen LogP contribution in [0.5, 0.6) is 0 Å². The van der Waals surface area contributed by atoms with Gasteiger partial charge in [-0.15, -0.1) is 10.2 Å². The number of nitrogens with zero attached hydrogens (tertiary/aromatic N) is 6. The maximum atomic E-state index is 4.93. The summed E-state index contributed by atoms with van der Waals surface area (Å²) in [6.07, 6.45) is 17.9. The number of benzene rings is 5. The van der Waals surface area contributed by atoms with E-state index in [0.717, 1.165) is 95.3 Å². The van der Waals surface area contributed by atoms with E-state index in [1.807, 2.05) is 24.5 Å².